The van der Waals surface area contributed by atoms with Crippen molar-refractivity contribution < 1.29 is 38.2 Å². The first kappa shape index (κ1) is 53.6. The van der Waals surface area contributed by atoms with E-state index in [0.29, 0.717) is 61.7 Å². The molecule has 3 saturated heterocycles. The van der Waals surface area contributed by atoms with Gasteiger partial charge in [0.1, 0.15) is 29.6 Å². The van der Waals surface area contributed by atoms with Gasteiger partial charge in [0.15, 0.2) is 17.4 Å². The summed E-state index contributed by atoms with van der Waals surface area (Å²) < 4.78 is 35.3. The summed E-state index contributed by atoms with van der Waals surface area (Å²) in [4.78, 5) is 49.0. The summed E-state index contributed by atoms with van der Waals surface area (Å²) in [6.07, 6.45) is 1.59. The highest BCUT2D eigenvalue weighted by Gasteiger charge is 2.43. The van der Waals surface area contributed by atoms with Crippen LogP contribution in [0.5, 0.6) is 17.6 Å². The van der Waals surface area contributed by atoms with Crippen LogP contribution < -0.4 is 19.7 Å². The Kier molecular flexibility index (Phi) is 16.3. The lowest BCUT2D eigenvalue weighted by Gasteiger charge is -2.34. The normalized spacial score (nSPS) is 19.2. The van der Waals surface area contributed by atoms with Crippen molar-refractivity contribution in [3.8, 4) is 45.3 Å². The molecule has 3 aromatic heterocycles. The van der Waals surface area contributed by atoms with Crippen molar-refractivity contribution in [2.75, 3.05) is 63.9 Å². The second-order valence-electron chi connectivity index (χ2n) is 21.0. The lowest BCUT2D eigenvalue weighted by Crippen LogP contribution is -2.51. The van der Waals surface area contributed by atoms with Gasteiger partial charge in [-0.1, -0.05) is 80.9 Å². The number of aromatic nitrogens is 4. The molecule has 19 heteroatoms. The number of likely N-dealkylation sites (tertiary alicyclic amines) is 2. The number of fused-ring (bicyclic) bond motifs is 2. The predicted molar refractivity (Wildman–Crippen MR) is 294 cm³/mol. The molecule has 0 unspecified atom stereocenters. The van der Waals surface area contributed by atoms with E-state index in [0.717, 1.165) is 58.4 Å². The van der Waals surface area contributed by atoms with E-state index in [4.69, 9.17) is 30.6 Å². The van der Waals surface area contributed by atoms with Gasteiger partial charge in [0.25, 0.3) is 5.88 Å². The minimum absolute atomic E-state index is 0.0182. The van der Waals surface area contributed by atoms with Gasteiger partial charge >= 0.3 is 6.01 Å². The van der Waals surface area contributed by atoms with Crippen molar-refractivity contribution in [1.29, 1.82) is 5.26 Å². The number of hydrogen-bond acceptors (Lipinski definition) is 16. The Hall–Kier alpha value is -6.75. The summed E-state index contributed by atoms with van der Waals surface area (Å²) >= 11 is 8.52. The van der Waals surface area contributed by atoms with Crippen LogP contribution in [0.3, 0.4) is 0 Å². The number of anilines is 1. The van der Waals surface area contributed by atoms with Crippen molar-refractivity contribution in [2.24, 2.45) is 11.8 Å². The molecule has 0 aliphatic carbocycles. The predicted octanol–water partition coefficient (Wildman–Crippen LogP) is 9.69. The zero-order valence-electron chi connectivity index (χ0n) is 43.6. The number of piperidine rings is 1. The van der Waals surface area contributed by atoms with Crippen LogP contribution >= 0.6 is 22.9 Å². The SMILES string of the molecule is Cc1ncsc1-c1ccc([C@H](C)CC(=O)[C@@H]2C[C@@H](O)CN2C(=O)[C@@H](c2cc(OCC3CCN(CCOc4nc(N5CCN[C@@H](CC#N)C5)c5cc(Cl)c(-c6cc(O)cc7ccccc67)c(F)c5n4)CC3)no2)C(C)C)cc1. The number of carbonyl (C=O) groups is 2. The second-order valence-corrected chi connectivity index (χ2v) is 22.3. The number of thiazole rings is 1. The lowest BCUT2D eigenvalue weighted by molar-refractivity contribution is -0.140. The number of phenols is 1. The molecule has 5 atom stereocenters. The van der Waals surface area contributed by atoms with Crippen LogP contribution in [-0.2, 0) is 9.59 Å². The quantitative estimate of drug-likeness (QED) is 0.0732. The number of nitrogens with one attached hydrogen (secondary N) is 1. The molecule has 3 aliphatic heterocycles. The highest BCUT2D eigenvalue weighted by Crippen LogP contribution is 2.43. The Morgan fingerprint density at radius 2 is 1.81 bits per heavy atom. The first-order valence-corrected chi connectivity index (χ1v) is 27.7. The van der Waals surface area contributed by atoms with Crippen molar-refractivity contribution in [3.63, 3.8) is 0 Å². The molecule has 3 N–H and O–H groups in total. The van der Waals surface area contributed by atoms with Crippen LogP contribution in [0.4, 0.5) is 10.2 Å². The number of nitrogens with zero attached hydrogens (tertiary/aromatic N) is 8. The van der Waals surface area contributed by atoms with Gasteiger partial charge in [-0.2, -0.15) is 15.2 Å². The molecule has 0 radical (unpaired) electrons. The van der Waals surface area contributed by atoms with E-state index in [-0.39, 0.29) is 95.2 Å². The fourth-order valence-corrected chi connectivity index (χ4v) is 12.3. The first-order chi connectivity index (χ1) is 37.2. The highest BCUT2D eigenvalue weighted by atomic mass is 35.5. The molecular formula is C58H63ClFN9O7S. The maximum atomic E-state index is 17.1. The van der Waals surface area contributed by atoms with Crippen LogP contribution in [0.1, 0.15) is 81.7 Å². The van der Waals surface area contributed by atoms with Gasteiger partial charge in [-0.3, -0.25) is 14.5 Å². The fourth-order valence-electron chi connectivity index (χ4n) is 11.2. The Morgan fingerprint density at radius 1 is 1.01 bits per heavy atom. The zero-order valence-corrected chi connectivity index (χ0v) is 45.2. The Balaban J connectivity index is 0.748. The van der Waals surface area contributed by atoms with E-state index in [9.17, 15) is 25.1 Å². The summed E-state index contributed by atoms with van der Waals surface area (Å²) in [5.41, 5.74) is 5.50. The lowest BCUT2D eigenvalue weighted by atomic mass is 9.89. The number of β-amino-alcohol motifs (C(OH)–C–C–N with tert-alkyl or cyclic N) is 1. The second kappa shape index (κ2) is 23.5. The molecule has 10 rings (SSSR count). The van der Waals surface area contributed by atoms with E-state index >= 15 is 4.39 Å². The van der Waals surface area contributed by atoms with E-state index in [1.165, 1.54) is 11.0 Å². The minimum Gasteiger partial charge on any atom is -0.508 e. The third-order valence-corrected chi connectivity index (χ3v) is 16.6. The molecule has 6 heterocycles. The number of Topliss-reactive ketones (excluding diaryl/α,β-unsaturated/α-hetero) is 1. The number of aryl methyl sites for hydroxylation is 1. The monoisotopic (exact) mass is 1080 g/mol. The first-order valence-electron chi connectivity index (χ1n) is 26.5. The maximum absolute atomic E-state index is 17.1. The molecular weight excluding hydrogens is 1020 g/mol. The number of aromatic hydroxyl groups is 1. The summed E-state index contributed by atoms with van der Waals surface area (Å²) in [5, 5.41) is 40.5. The van der Waals surface area contributed by atoms with Crippen LogP contribution in [0.15, 0.2) is 82.8 Å². The number of carbonyl (C=O) groups excluding carboxylic acids is 2. The number of benzene rings is 4. The van der Waals surface area contributed by atoms with E-state index in [1.807, 2.05) is 74.5 Å². The minimum atomic E-state index is -0.814. The number of rotatable bonds is 18. The van der Waals surface area contributed by atoms with Gasteiger partial charge < -0.3 is 39.3 Å². The summed E-state index contributed by atoms with van der Waals surface area (Å²) in [7, 11) is 0. The number of amides is 1. The van der Waals surface area contributed by atoms with Gasteiger partial charge in [0.05, 0.1) is 52.3 Å². The van der Waals surface area contributed by atoms with Crippen LogP contribution in [0, 0.1) is 35.9 Å². The molecule has 3 aliphatic rings. The van der Waals surface area contributed by atoms with Gasteiger partial charge in [0, 0.05) is 68.6 Å². The Bertz CT molecular complexity index is 3300. The average molecular weight is 1080 g/mol. The van der Waals surface area contributed by atoms with Gasteiger partial charge in [-0.15, -0.1) is 11.3 Å². The number of aliphatic hydroxyl groups excluding tert-OH is 1. The number of aliphatic hydroxyl groups is 1. The third-order valence-electron chi connectivity index (χ3n) is 15.3. The molecule has 3 fully saturated rings. The molecule has 402 valence electrons. The Morgan fingerprint density at radius 3 is 2.56 bits per heavy atom. The van der Waals surface area contributed by atoms with Gasteiger partial charge in [0.2, 0.25) is 5.91 Å². The molecule has 0 bridgehead atoms. The molecule has 0 spiro atoms. The van der Waals surface area contributed by atoms with Crippen molar-refractivity contribution in [2.45, 2.75) is 89.8 Å². The molecule has 4 aromatic carbocycles. The molecule has 16 nitrogen and oxygen atoms in total. The number of halogens is 2. The highest BCUT2D eigenvalue weighted by molar-refractivity contribution is 7.13. The topological polar surface area (TPSA) is 203 Å². The largest absolute Gasteiger partial charge is 0.508 e. The standard InChI is InChI=1S/C58H63ClFN9O7S/c1-33(2)51(57(73)69-30-42(71)26-47(69)48(72)23-34(3)37-9-11-38(12-10-37)55-35(4)63-32-77-55)49-28-50(66-76-49)75-31-36-14-18-67(19-15-36)21-22-74-58-64-54-45(56(65-58)68-20-17-62-40(29-68)13-16-61)27-46(59)52(53(54)60)44-25-41(70)24-39-7-5-6-8-43(39)44/h5-12,24-25,27-28,32-34,36,40,42,47,51,62,70-71H,13-15,17-23,26,29-31H2,1-4H3/t34-,40+,42-,47+,51-/m1/s1. The molecule has 77 heavy (non-hydrogen) atoms. The number of piperazine rings is 1. The van der Waals surface area contributed by atoms with Crippen LogP contribution in [0.2, 0.25) is 5.02 Å². The molecule has 7 aromatic rings. The molecule has 0 saturated carbocycles. The smallest absolute Gasteiger partial charge is 0.319 e. The van der Waals surface area contributed by atoms with Crippen LogP contribution in [0.25, 0.3) is 43.2 Å². The number of phenolic OH excluding ortho intramolecular Hbond substituents is 1. The van der Waals surface area contributed by atoms with Gasteiger partial charge in [-0.25, -0.2) is 9.37 Å². The number of nitriles is 1. The van der Waals surface area contributed by atoms with Gasteiger partial charge in [-0.05, 0) is 101 Å². The van der Waals surface area contributed by atoms with Crippen LogP contribution in [-0.4, -0.2) is 129 Å². The zero-order chi connectivity index (χ0) is 53.9. The van der Waals surface area contributed by atoms with Crippen molar-refractivity contribution in [1.82, 2.24) is 35.2 Å². The summed E-state index contributed by atoms with van der Waals surface area (Å²) in [6, 6.07) is 23.5. The average Bonchev–Trinajstić information content (AvgIpc) is 4.25. The maximum Gasteiger partial charge on any atom is 0.319 e. The number of hydrogen-bond donors (Lipinski definition) is 3. The van der Waals surface area contributed by atoms with Crippen molar-refractivity contribution in [3.05, 3.63) is 106 Å². The Labute approximate surface area is 455 Å². The number of ketones is 1. The third kappa shape index (κ3) is 11.8. The van der Waals surface area contributed by atoms with Crippen molar-refractivity contribution >= 4 is 62.1 Å². The fraction of sp³-hybridized carbons (Fsp3) is 0.431. The summed E-state index contributed by atoms with van der Waals surface area (Å²) in [6.45, 7) is 12.3. The number of ether oxygens (including phenoxy) is 2. The van der Waals surface area contributed by atoms with E-state index < -0.39 is 23.9 Å². The summed E-state index contributed by atoms with van der Waals surface area (Å²) in [5.74, 6) is -0.742. The molecule has 1 amide bonds. The van der Waals surface area contributed by atoms with E-state index in [2.05, 4.69) is 43.5 Å². The van der Waals surface area contributed by atoms with E-state index in [1.54, 1.807) is 29.5 Å².